The Bertz CT molecular complexity index is 1900. The molecule has 0 radical (unpaired) electrons. The summed E-state index contributed by atoms with van der Waals surface area (Å²) in [6, 6.07) is 25.5. The fourth-order valence-electron chi connectivity index (χ4n) is 5.05. The molecule has 10 heteroatoms. The zero-order valence-electron chi connectivity index (χ0n) is 21.8. The maximum absolute atomic E-state index is 13.7. The Morgan fingerprint density at radius 1 is 0.905 bits per heavy atom. The highest BCUT2D eigenvalue weighted by Crippen LogP contribution is 2.46. The van der Waals surface area contributed by atoms with Crippen LogP contribution in [0.4, 0.5) is 5.13 Å². The van der Waals surface area contributed by atoms with Gasteiger partial charge in [-0.25, -0.2) is 4.98 Å². The second-order valence-electron chi connectivity index (χ2n) is 9.62. The van der Waals surface area contributed by atoms with Crippen LogP contribution in [-0.2, 0) is 9.59 Å². The zero-order chi connectivity index (χ0) is 28.8. The van der Waals surface area contributed by atoms with E-state index in [1.807, 2.05) is 30.3 Å². The molecule has 0 saturated carbocycles. The van der Waals surface area contributed by atoms with Crippen molar-refractivity contribution in [2.24, 2.45) is 0 Å². The summed E-state index contributed by atoms with van der Waals surface area (Å²) in [5.41, 5.74) is 1.42. The molecule has 8 nitrogen and oxygen atoms in total. The predicted octanol–water partition coefficient (Wildman–Crippen LogP) is 7.14. The van der Waals surface area contributed by atoms with E-state index in [1.165, 1.54) is 16.2 Å². The van der Waals surface area contributed by atoms with Crippen molar-refractivity contribution in [2.45, 2.75) is 6.04 Å². The lowest BCUT2D eigenvalue weighted by atomic mass is 9.95. The number of para-hydroxylation sites is 1. The van der Waals surface area contributed by atoms with Gasteiger partial charge >= 0.3 is 5.91 Å². The molecule has 4 aromatic carbocycles. The van der Waals surface area contributed by atoms with Crippen LogP contribution in [-0.4, -0.2) is 35.0 Å². The summed E-state index contributed by atoms with van der Waals surface area (Å²) < 4.78 is 18.1. The summed E-state index contributed by atoms with van der Waals surface area (Å²) in [4.78, 5) is 33.3. The molecule has 0 bridgehead atoms. The first kappa shape index (κ1) is 26.1. The molecule has 0 spiro atoms. The van der Waals surface area contributed by atoms with Gasteiger partial charge in [0.2, 0.25) is 0 Å². The van der Waals surface area contributed by atoms with Crippen LogP contribution in [0.2, 0.25) is 5.02 Å². The molecule has 1 amide bonds. The Morgan fingerprint density at radius 2 is 1.69 bits per heavy atom. The van der Waals surface area contributed by atoms with Crippen LogP contribution in [0, 0.1) is 0 Å². The Balaban J connectivity index is 1.39. The van der Waals surface area contributed by atoms with Crippen molar-refractivity contribution in [3.63, 3.8) is 0 Å². The molecule has 1 fully saturated rings. The van der Waals surface area contributed by atoms with Gasteiger partial charge in [0.25, 0.3) is 5.78 Å². The molecular weight excluding hydrogens is 576 g/mol. The minimum absolute atomic E-state index is 0.0779. The quantitative estimate of drug-likeness (QED) is 0.131. The van der Waals surface area contributed by atoms with E-state index in [0.29, 0.717) is 63.0 Å². The maximum Gasteiger partial charge on any atom is 0.301 e. The Hall–Kier alpha value is -4.86. The highest BCUT2D eigenvalue weighted by atomic mass is 35.5. The summed E-state index contributed by atoms with van der Waals surface area (Å²) in [5, 5.41) is 12.4. The topological polar surface area (TPSA) is 98.2 Å². The van der Waals surface area contributed by atoms with Crippen molar-refractivity contribution in [1.29, 1.82) is 0 Å². The SMILES string of the molecule is O=C1C(=O)N(c2nc3ccc(Cl)cc3s2)[C@H](c2cccc(Oc3ccccc3)c2)/C1=C(\O)c1ccc2c(c1)OCCO2. The zero-order valence-corrected chi connectivity index (χ0v) is 23.4. The first-order chi connectivity index (χ1) is 20.5. The molecule has 1 atom stereocenters. The molecule has 1 saturated heterocycles. The van der Waals surface area contributed by atoms with Gasteiger partial charge in [-0.05, 0) is 66.2 Å². The Morgan fingerprint density at radius 3 is 2.52 bits per heavy atom. The minimum atomic E-state index is -0.992. The Kier molecular flexibility index (Phi) is 6.53. The second-order valence-corrected chi connectivity index (χ2v) is 11.1. The van der Waals surface area contributed by atoms with E-state index in [2.05, 4.69) is 4.98 Å². The number of halogens is 1. The van der Waals surface area contributed by atoms with Crippen molar-refractivity contribution in [3.8, 4) is 23.0 Å². The summed E-state index contributed by atoms with van der Waals surface area (Å²) in [7, 11) is 0. The van der Waals surface area contributed by atoms with Crippen LogP contribution < -0.4 is 19.1 Å². The number of aromatic nitrogens is 1. The number of Topliss-reactive ketones (excluding diaryl/α,β-unsaturated/α-hetero) is 1. The number of nitrogens with zero attached hydrogens (tertiary/aromatic N) is 2. The van der Waals surface area contributed by atoms with E-state index >= 15 is 0 Å². The van der Waals surface area contributed by atoms with E-state index in [9.17, 15) is 14.7 Å². The monoisotopic (exact) mass is 596 g/mol. The summed E-state index contributed by atoms with van der Waals surface area (Å²) in [6.45, 7) is 0.773. The van der Waals surface area contributed by atoms with E-state index in [0.717, 1.165) is 4.70 Å². The van der Waals surface area contributed by atoms with E-state index in [4.69, 9.17) is 25.8 Å². The third-order valence-electron chi connectivity index (χ3n) is 6.96. The maximum atomic E-state index is 13.7. The van der Waals surface area contributed by atoms with Crippen LogP contribution in [0.25, 0.3) is 16.0 Å². The third-order valence-corrected chi connectivity index (χ3v) is 8.21. The van der Waals surface area contributed by atoms with Gasteiger partial charge in [-0.15, -0.1) is 0 Å². The highest BCUT2D eigenvalue weighted by molar-refractivity contribution is 7.22. The van der Waals surface area contributed by atoms with E-state index in [-0.39, 0.29) is 11.3 Å². The van der Waals surface area contributed by atoms with Crippen LogP contribution in [0.1, 0.15) is 17.2 Å². The molecular formula is C32H21ClN2O6S. The number of amides is 1. The van der Waals surface area contributed by atoms with E-state index in [1.54, 1.807) is 60.7 Å². The standard InChI is InChI=1S/C32H21ClN2O6S/c33-20-10-11-23-26(17-20)42-32(34-23)35-28(18-5-4-8-22(15-18)41-21-6-2-1-3-7-21)27(30(37)31(35)38)29(36)19-9-12-24-25(16-19)40-14-13-39-24/h1-12,15-17,28,36H,13-14H2/b29-27+/t28-/m1/s1. The number of ketones is 1. The van der Waals surface area contributed by atoms with Gasteiger partial charge in [0, 0.05) is 10.6 Å². The molecule has 208 valence electrons. The largest absolute Gasteiger partial charge is 0.507 e. The number of hydrogen-bond acceptors (Lipinski definition) is 8. The molecule has 0 unspecified atom stereocenters. The number of aliphatic hydroxyl groups is 1. The first-order valence-corrected chi connectivity index (χ1v) is 14.3. The molecule has 1 N–H and O–H groups in total. The summed E-state index contributed by atoms with van der Waals surface area (Å²) >= 11 is 7.43. The second kappa shape index (κ2) is 10.5. The predicted molar refractivity (Wildman–Crippen MR) is 160 cm³/mol. The van der Waals surface area contributed by atoms with E-state index < -0.39 is 17.7 Å². The number of aliphatic hydroxyl groups excluding tert-OH is 1. The highest BCUT2D eigenvalue weighted by Gasteiger charge is 2.48. The number of ether oxygens (including phenoxy) is 3. The number of fused-ring (bicyclic) bond motifs is 2. The average molecular weight is 597 g/mol. The summed E-state index contributed by atoms with van der Waals surface area (Å²) in [6.07, 6.45) is 0. The lowest BCUT2D eigenvalue weighted by molar-refractivity contribution is -0.132. The Labute approximate surface area is 249 Å². The molecule has 3 heterocycles. The van der Waals surface area contributed by atoms with Crippen molar-refractivity contribution in [2.75, 3.05) is 18.1 Å². The average Bonchev–Trinajstić information content (AvgIpc) is 3.54. The number of rotatable bonds is 5. The number of hydrogen-bond donors (Lipinski definition) is 1. The van der Waals surface area contributed by atoms with Gasteiger partial charge < -0.3 is 19.3 Å². The number of carbonyl (C=O) groups excluding carboxylic acids is 2. The van der Waals surface area contributed by atoms with Gasteiger partial charge in [0.1, 0.15) is 30.5 Å². The first-order valence-electron chi connectivity index (χ1n) is 13.1. The van der Waals surface area contributed by atoms with Gasteiger partial charge in [-0.2, -0.15) is 0 Å². The lowest BCUT2D eigenvalue weighted by Crippen LogP contribution is -2.29. The normalized spacial score (nSPS) is 17.5. The van der Waals surface area contributed by atoms with Crippen molar-refractivity contribution >= 4 is 55.7 Å². The molecule has 1 aromatic heterocycles. The number of carbonyl (C=O) groups is 2. The smallest absolute Gasteiger partial charge is 0.301 e. The molecule has 5 aromatic rings. The molecule has 42 heavy (non-hydrogen) atoms. The van der Waals surface area contributed by atoms with Gasteiger partial charge in [0.05, 0.1) is 21.8 Å². The molecule has 0 aliphatic carbocycles. The molecule has 2 aliphatic rings. The molecule has 2 aliphatic heterocycles. The van der Waals surface area contributed by atoms with Crippen LogP contribution >= 0.6 is 22.9 Å². The van der Waals surface area contributed by atoms with Crippen molar-refractivity contribution < 1.29 is 28.9 Å². The van der Waals surface area contributed by atoms with Crippen LogP contribution in [0.5, 0.6) is 23.0 Å². The molecule has 7 rings (SSSR count). The van der Waals surface area contributed by atoms with Crippen LogP contribution in [0.3, 0.4) is 0 Å². The lowest BCUT2D eigenvalue weighted by Gasteiger charge is -2.23. The van der Waals surface area contributed by atoms with Crippen LogP contribution in [0.15, 0.2) is 96.6 Å². The fourth-order valence-corrected chi connectivity index (χ4v) is 6.32. The number of anilines is 1. The van der Waals surface area contributed by atoms with Crippen molar-refractivity contribution in [3.05, 3.63) is 113 Å². The minimum Gasteiger partial charge on any atom is -0.507 e. The number of thiazole rings is 1. The summed E-state index contributed by atoms with van der Waals surface area (Å²) in [5.74, 6) is 0.128. The van der Waals surface area contributed by atoms with Gasteiger partial charge in [-0.3, -0.25) is 14.5 Å². The fraction of sp³-hybridized carbons (Fsp3) is 0.0938. The van der Waals surface area contributed by atoms with Gasteiger partial charge in [0.15, 0.2) is 16.6 Å². The van der Waals surface area contributed by atoms with Gasteiger partial charge in [-0.1, -0.05) is 53.3 Å². The third kappa shape index (κ3) is 4.62. The number of benzene rings is 4. The van der Waals surface area contributed by atoms with Crippen molar-refractivity contribution in [1.82, 2.24) is 4.98 Å².